The van der Waals surface area contributed by atoms with E-state index in [1.54, 1.807) is 0 Å². The van der Waals surface area contributed by atoms with Crippen molar-refractivity contribution in [1.82, 2.24) is 4.90 Å². The van der Waals surface area contributed by atoms with Crippen molar-refractivity contribution in [1.29, 1.82) is 0 Å². The van der Waals surface area contributed by atoms with Gasteiger partial charge in [0.05, 0.1) is 12.7 Å². The van der Waals surface area contributed by atoms with Crippen molar-refractivity contribution in [3.05, 3.63) is 29.3 Å². The van der Waals surface area contributed by atoms with Crippen LogP contribution in [0.25, 0.3) is 0 Å². The molecule has 0 radical (unpaired) electrons. The third-order valence-electron chi connectivity index (χ3n) is 3.30. The Hall–Kier alpha value is -1.06. The maximum absolute atomic E-state index is 10.2. The Morgan fingerprint density at radius 2 is 2.24 bits per heavy atom. The van der Waals surface area contributed by atoms with E-state index >= 15 is 0 Å². The van der Waals surface area contributed by atoms with Gasteiger partial charge in [0.15, 0.2) is 0 Å². The van der Waals surface area contributed by atoms with Gasteiger partial charge < -0.3 is 9.84 Å². The number of β-amino-alcohol motifs (C(OH)–C–C–N with tert-alkyl or cyclic N) is 1. The van der Waals surface area contributed by atoms with Gasteiger partial charge in [-0.3, -0.25) is 4.90 Å². The first-order valence-corrected chi connectivity index (χ1v) is 6.29. The highest BCUT2D eigenvalue weighted by Gasteiger charge is 2.25. The van der Waals surface area contributed by atoms with E-state index in [1.807, 2.05) is 19.1 Å². The van der Waals surface area contributed by atoms with Gasteiger partial charge >= 0.3 is 0 Å². The van der Waals surface area contributed by atoms with E-state index in [1.165, 1.54) is 5.56 Å². The molecule has 1 aromatic rings. The van der Waals surface area contributed by atoms with Crippen LogP contribution in [0.1, 0.15) is 38.0 Å². The van der Waals surface area contributed by atoms with Crippen LogP contribution in [0.4, 0.5) is 0 Å². The van der Waals surface area contributed by atoms with Crippen LogP contribution in [0.3, 0.4) is 0 Å². The zero-order chi connectivity index (χ0) is 12.4. The minimum atomic E-state index is -0.401. The zero-order valence-corrected chi connectivity index (χ0v) is 10.8. The molecular formula is C14H21NO2. The Kier molecular flexibility index (Phi) is 3.69. The lowest BCUT2D eigenvalue weighted by Gasteiger charge is -2.35. The van der Waals surface area contributed by atoms with Gasteiger partial charge in [0.25, 0.3) is 0 Å². The molecule has 0 bridgehead atoms. The fourth-order valence-corrected chi connectivity index (χ4v) is 2.28. The molecule has 3 nitrogen and oxygen atoms in total. The summed E-state index contributed by atoms with van der Waals surface area (Å²) in [5, 5.41) is 10.2. The number of aliphatic hydroxyl groups is 1. The second-order valence-electron chi connectivity index (χ2n) is 4.83. The second-order valence-corrected chi connectivity index (χ2v) is 4.83. The molecule has 3 heteroatoms. The maximum Gasteiger partial charge on any atom is 0.119 e. The van der Waals surface area contributed by atoms with E-state index in [-0.39, 0.29) is 0 Å². The minimum Gasteiger partial charge on any atom is -0.494 e. The van der Waals surface area contributed by atoms with Crippen LogP contribution in [-0.4, -0.2) is 29.2 Å². The topological polar surface area (TPSA) is 32.7 Å². The molecule has 1 aliphatic heterocycles. The molecule has 1 unspecified atom stereocenters. The van der Waals surface area contributed by atoms with Crippen LogP contribution in [-0.2, 0) is 6.54 Å². The van der Waals surface area contributed by atoms with Gasteiger partial charge in [-0.15, -0.1) is 0 Å². The van der Waals surface area contributed by atoms with Crippen molar-refractivity contribution in [2.24, 2.45) is 0 Å². The SMILES string of the molecule is CCOc1ccc2c(c1)C(O)CN(C(C)C)C2. The van der Waals surface area contributed by atoms with Crippen molar-refractivity contribution in [3.8, 4) is 5.75 Å². The molecule has 17 heavy (non-hydrogen) atoms. The molecular weight excluding hydrogens is 214 g/mol. The van der Waals surface area contributed by atoms with Crippen LogP contribution >= 0.6 is 0 Å². The molecule has 0 amide bonds. The highest BCUT2D eigenvalue weighted by Crippen LogP contribution is 2.30. The van der Waals surface area contributed by atoms with E-state index in [0.717, 1.165) is 17.9 Å². The Morgan fingerprint density at radius 1 is 1.47 bits per heavy atom. The number of hydrogen-bond donors (Lipinski definition) is 1. The molecule has 0 saturated heterocycles. The molecule has 94 valence electrons. The largest absolute Gasteiger partial charge is 0.494 e. The van der Waals surface area contributed by atoms with Gasteiger partial charge in [0.1, 0.15) is 5.75 Å². The second kappa shape index (κ2) is 5.07. The molecule has 0 aliphatic carbocycles. The highest BCUT2D eigenvalue weighted by atomic mass is 16.5. The minimum absolute atomic E-state index is 0.401. The standard InChI is InChI=1S/C14H21NO2/c1-4-17-12-6-5-11-8-15(10(2)3)9-14(16)13(11)7-12/h5-7,10,14,16H,4,8-9H2,1-3H3. The summed E-state index contributed by atoms with van der Waals surface area (Å²) >= 11 is 0. The van der Waals surface area contributed by atoms with Crippen LogP contribution < -0.4 is 4.74 Å². The summed E-state index contributed by atoms with van der Waals surface area (Å²) in [5.74, 6) is 0.850. The third-order valence-corrected chi connectivity index (χ3v) is 3.30. The van der Waals surface area contributed by atoms with Crippen molar-refractivity contribution < 1.29 is 9.84 Å². The predicted octanol–water partition coefficient (Wildman–Crippen LogP) is 2.34. The summed E-state index contributed by atoms with van der Waals surface area (Å²) in [6.45, 7) is 8.57. The van der Waals surface area contributed by atoms with Crippen molar-refractivity contribution >= 4 is 0 Å². The summed E-state index contributed by atoms with van der Waals surface area (Å²) in [6.07, 6.45) is -0.401. The lowest BCUT2D eigenvalue weighted by Crippen LogP contribution is -2.38. The average Bonchev–Trinajstić information content (AvgIpc) is 2.30. The van der Waals surface area contributed by atoms with E-state index in [9.17, 15) is 5.11 Å². The van der Waals surface area contributed by atoms with Gasteiger partial charge in [0, 0.05) is 19.1 Å². The lowest BCUT2D eigenvalue weighted by atomic mass is 9.96. The van der Waals surface area contributed by atoms with Crippen LogP contribution in [0.5, 0.6) is 5.75 Å². The average molecular weight is 235 g/mol. The fourth-order valence-electron chi connectivity index (χ4n) is 2.28. The molecule has 0 fully saturated rings. The molecule has 1 N–H and O–H groups in total. The summed E-state index contributed by atoms with van der Waals surface area (Å²) in [5.41, 5.74) is 2.23. The van der Waals surface area contributed by atoms with Gasteiger partial charge in [-0.05, 0) is 44.0 Å². The smallest absolute Gasteiger partial charge is 0.119 e. The monoisotopic (exact) mass is 235 g/mol. The number of hydrogen-bond acceptors (Lipinski definition) is 3. The molecule has 0 saturated carbocycles. The van der Waals surface area contributed by atoms with Gasteiger partial charge in [-0.1, -0.05) is 6.07 Å². The maximum atomic E-state index is 10.2. The van der Waals surface area contributed by atoms with Gasteiger partial charge in [-0.2, -0.15) is 0 Å². The lowest BCUT2D eigenvalue weighted by molar-refractivity contribution is 0.0741. The number of aliphatic hydroxyl groups excluding tert-OH is 1. The van der Waals surface area contributed by atoms with E-state index in [2.05, 4.69) is 24.8 Å². The molecule has 1 heterocycles. The van der Waals surface area contributed by atoms with Crippen molar-refractivity contribution in [2.45, 2.75) is 39.5 Å². The first-order chi connectivity index (χ1) is 8.11. The fraction of sp³-hybridized carbons (Fsp3) is 0.571. The van der Waals surface area contributed by atoms with Crippen LogP contribution in [0.15, 0.2) is 18.2 Å². The van der Waals surface area contributed by atoms with E-state index < -0.39 is 6.10 Å². The number of ether oxygens (including phenoxy) is 1. The predicted molar refractivity (Wildman–Crippen MR) is 68.1 cm³/mol. The molecule has 2 rings (SSSR count). The quantitative estimate of drug-likeness (QED) is 0.873. The number of nitrogens with zero attached hydrogens (tertiary/aromatic N) is 1. The van der Waals surface area contributed by atoms with Crippen molar-refractivity contribution in [2.75, 3.05) is 13.2 Å². The Balaban J connectivity index is 2.25. The number of benzene rings is 1. The molecule has 1 aliphatic rings. The summed E-state index contributed by atoms with van der Waals surface area (Å²) < 4.78 is 5.47. The van der Waals surface area contributed by atoms with Gasteiger partial charge in [0.2, 0.25) is 0 Å². The molecule has 1 aromatic carbocycles. The molecule has 0 spiro atoms. The molecule has 1 atom stereocenters. The van der Waals surface area contributed by atoms with Crippen molar-refractivity contribution in [3.63, 3.8) is 0 Å². The third kappa shape index (κ3) is 2.61. The van der Waals surface area contributed by atoms with E-state index in [4.69, 9.17) is 4.74 Å². The Morgan fingerprint density at radius 3 is 2.88 bits per heavy atom. The Labute approximate surface area is 103 Å². The number of rotatable bonds is 3. The first kappa shape index (κ1) is 12.4. The Bertz CT molecular complexity index is 390. The summed E-state index contributed by atoms with van der Waals surface area (Å²) in [6, 6.07) is 6.49. The van der Waals surface area contributed by atoms with Crippen LogP contribution in [0, 0.1) is 0 Å². The normalized spacial score (nSPS) is 20.4. The van der Waals surface area contributed by atoms with Gasteiger partial charge in [-0.25, -0.2) is 0 Å². The zero-order valence-electron chi connectivity index (χ0n) is 10.8. The number of fused-ring (bicyclic) bond motifs is 1. The summed E-state index contributed by atoms with van der Waals surface area (Å²) in [4.78, 5) is 2.29. The molecule has 0 aromatic heterocycles. The summed E-state index contributed by atoms with van der Waals surface area (Å²) in [7, 11) is 0. The first-order valence-electron chi connectivity index (χ1n) is 6.29. The van der Waals surface area contributed by atoms with E-state index in [0.29, 0.717) is 19.2 Å². The highest BCUT2D eigenvalue weighted by molar-refractivity contribution is 5.38. The van der Waals surface area contributed by atoms with Crippen LogP contribution in [0.2, 0.25) is 0 Å².